The molecule has 0 saturated carbocycles. The van der Waals surface area contributed by atoms with E-state index in [9.17, 15) is 0 Å². The van der Waals surface area contributed by atoms with Crippen molar-refractivity contribution in [3.63, 3.8) is 0 Å². The summed E-state index contributed by atoms with van der Waals surface area (Å²) in [5.41, 5.74) is 2.22. The summed E-state index contributed by atoms with van der Waals surface area (Å²) in [6.07, 6.45) is 1.74. The van der Waals surface area contributed by atoms with Crippen molar-refractivity contribution in [3.05, 3.63) is 52.9 Å². The van der Waals surface area contributed by atoms with Crippen LogP contribution in [0.25, 0.3) is 0 Å². The summed E-state index contributed by atoms with van der Waals surface area (Å²) in [6, 6.07) is 9.81. The summed E-state index contributed by atoms with van der Waals surface area (Å²) in [6.45, 7) is 4.69. The Morgan fingerprint density at radius 1 is 1.26 bits per heavy atom. The Kier molecular flexibility index (Phi) is 4.88. The van der Waals surface area contributed by atoms with Gasteiger partial charge >= 0.3 is 0 Å². The molecular formula is C15H19ClN2O. The molecule has 0 aliphatic rings. The van der Waals surface area contributed by atoms with Crippen molar-refractivity contribution in [1.29, 1.82) is 0 Å². The van der Waals surface area contributed by atoms with Crippen molar-refractivity contribution in [1.82, 2.24) is 4.90 Å². The van der Waals surface area contributed by atoms with Gasteiger partial charge in [-0.25, -0.2) is 0 Å². The molecule has 102 valence electrons. The van der Waals surface area contributed by atoms with E-state index in [1.807, 2.05) is 37.3 Å². The Labute approximate surface area is 119 Å². The minimum absolute atomic E-state index is 0.760. The Hall–Kier alpha value is -1.45. The number of hydrogen-bond acceptors (Lipinski definition) is 3. The van der Waals surface area contributed by atoms with Gasteiger partial charge < -0.3 is 14.6 Å². The molecule has 0 saturated heterocycles. The topological polar surface area (TPSA) is 28.4 Å². The molecule has 0 unspecified atom stereocenters. The van der Waals surface area contributed by atoms with E-state index in [0.29, 0.717) is 0 Å². The highest BCUT2D eigenvalue weighted by molar-refractivity contribution is 6.33. The molecule has 19 heavy (non-hydrogen) atoms. The lowest BCUT2D eigenvalue weighted by Crippen LogP contribution is -2.24. The van der Waals surface area contributed by atoms with Gasteiger partial charge in [0, 0.05) is 25.2 Å². The molecule has 3 nitrogen and oxygen atoms in total. The molecule has 0 atom stereocenters. The van der Waals surface area contributed by atoms with Gasteiger partial charge in [-0.15, -0.1) is 0 Å². The van der Waals surface area contributed by atoms with Crippen LogP contribution in [0.5, 0.6) is 0 Å². The third-order valence-corrected chi connectivity index (χ3v) is 3.42. The van der Waals surface area contributed by atoms with E-state index >= 15 is 0 Å². The predicted molar refractivity (Wildman–Crippen MR) is 79.7 cm³/mol. The minimum Gasteiger partial charge on any atom is -0.469 e. The Morgan fingerprint density at radius 3 is 2.74 bits per heavy atom. The monoisotopic (exact) mass is 278 g/mol. The fourth-order valence-electron chi connectivity index (χ4n) is 1.93. The van der Waals surface area contributed by atoms with Gasteiger partial charge in [0.25, 0.3) is 0 Å². The first-order valence-electron chi connectivity index (χ1n) is 6.36. The van der Waals surface area contributed by atoms with Crippen molar-refractivity contribution in [2.75, 3.05) is 25.5 Å². The zero-order valence-electron chi connectivity index (χ0n) is 11.3. The highest BCUT2D eigenvalue weighted by Gasteiger charge is 2.05. The number of para-hydroxylation sites is 1. The summed E-state index contributed by atoms with van der Waals surface area (Å²) in [7, 11) is 2.10. The lowest BCUT2D eigenvalue weighted by atomic mass is 10.2. The van der Waals surface area contributed by atoms with Crippen LogP contribution in [0.3, 0.4) is 0 Å². The molecule has 0 radical (unpaired) electrons. The molecule has 2 aromatic rings. The van der Waals surface area contributed by atoms with Crippen LogP contribution in [0.4, 0.5) is 5.69 Å². The molecule has 0 spiro atoms. The highest BCUT2D eigenvalue weighted by Crippen LogP contribution is 2.20. The van der Waals surface area contributed by atoms with Crippen molar-refractivity contribution in [3.8, 4) is 0 Å². The van der Waals surface area contributed by atoms with Crippen LogP contribution in [-0.4, -0.2) is 25.0 Å². The molecule has 1 aromatic heterocycles. The van der Waals surface area contributed by atoms with Gasteiger partial charge in [0.1, 0.15) is 5.76 Å². The van der Waals surface area contributed by atoms with Gasteiger partial charge in [-0.2, -0.15) is 0 Å². The van der Waals surface area contributed by atoms with Crippen LogP contribution < -0.4 is 5.32 Å². The molecule has 0 aliphatic heterocycles. The van der Waals surface area contributed by atoms with Crippen LogP contribution in [0, 0.1) is 6.92 Å². The van der Waals surface area contributed by atoms with E-state index in [1.165, 1.54) is 5.56 Å². The molecule has 0 aliphatic carbocycles. The summed E-state index contributed by atoms with van der Waals surface area (Å²) < 4.78 is 5.30. The zero-order chi connectivity index (χ0) is 13.7. The van der Waals surface area contributed by atoms with E-state index in [4.69, 9.17) is 16.0 Å². The number of rotatable bonds is 6. The Bertz CT molecular complexity index is 524. The van der Waals surface area contributed by atoms with Crippen LogP contribution in [0.1, 0.15) is 11.3 Å². The van der Waals surface area contributed by atoms with E-state index in [1.54, 1.807) is 6.26 Å². The third kappa shape index (κ3) is 4.01. The summed E-state index contributed by atoms with van der Waals surface area (Å²) in [5, 5.41) is 4.10. The van der Waals surface area contributed by atoms with Gasteiger partial charge in [-0.3, -0.25) is 0 Å². The van der Waals surface area contributed by atoms with Crippen molar-refractivity contribution < 1.29 is 4.42 Å². The average molecular weight is 279 g/mol. The minimum atomic E-state index is 0.760. The maximum atomic E-state index is 6.09. The molecule has 1 aromatic carbocycles. The number of benzene rings is 1. The largest absolute Gasteiger partial charge is 0.469 e. The van der Waals surface area contributed by atoms with Crippen LogP contribution in [0.15, 0.2) is 41.0 Å². The average Bonchev–Trinajstić information content (AvgIpc) is 2.77. The molecule has 2 rings (SSSR count). The predicted octanol–water partition coefficient (Wildman–Crippen LogP) is 3.79. The summed E-state index contributed by atoms with van der Waals surface area (Å²) >= 11 is 6.09. The third-order valence-electron chi connectivity index (χ3n) is 3.09. The second kappa shape index (κ2) is 6.64. The molecule has 1 heterocycles. The summed E-state index contributed by atoms with van der Waals surface area (Å²) in [5.74, 6) is 0.992. The first kappa shape index (κ1) is 14.0. The second-order valence-corrected chi connectivity index (χ2v) is 5.05. The van der Waals surface area contributed by atoms with Crippen molar-refractivity contribution in [2.24, 2.45) is 0 Å². The molecule has 0 bridgehead atoms. The lowest BCUT2D eigenvalue weighted by molar-refractivity contribution is 0.337. The Morgan fingerprint density at radius 2 is 2.05 bits per heavy atom. The van der Waals surface area contributed by atoms with Gasteiger partial charge in [-0.05, 0) is 32.2 Å². The van der Waals surface area contributed by atoms with Crippen molar-refractivity contribution >= 4 is 17.3 Å². The number of halogens is 1. The van der Waals surface area contributed by atoms with Gasteiger partial charge in [-0.1, -0.05) is 23.7 Å². The number of anilines is 1. The number of nitrogens with zero attached hydrogens (tertiary/aromatic N) is 1. The number of furan rings is 1. The highest BCUT2D eigenvalue weighted by atomic mass is 35.5. The molecule has 4 heteroatoms. The molecule has 1 N–H and O–H groups in total. The van der Waals surface area contributed by atoms with Crippen molar-refractivity contribution in [2.45, 2.75) is 13.5 Å². The first-order valence-corrected chi connectivity index (χ1v) is 6.74. The molecular weight excluding hydrogens is 260 g/mol. The fraction of sp³-hybridized carbons (Fsp3) is 0.333. The number of aryl methyl sites for hydroxylation is 1. The Balaban J connectivity index is 1.77. The van der Waals surface area contributed by atoms with Gasteiger partial charge in [0.2, 0.25) is 0 Å². The van der Waals surface area contributed by atoms with Crippen LogP contribution >= 0.6 is 11.6 Å². The maximum Gasteiger partial charge on any atom is 0.105 e. The van der Waals surface area contributed by atoms with Gasteiger partial charge in [0.05, 0.1) is 17.0 Å². The van der Waals surface area contributed by atoms with E-state index < -0.39 is 0 Å². The number of nitrogens with one attached hydrogen (secondary N) is 1. The quantitative estimate of drug-likeness (QED) is 0.871. The molecule has 0 amide bonds. The SMILES string of the molecule is Cc1occc1CN(C)CCNc1ccccc1Cl. The molecule has 0 fully saturated rings. The number of likely N-dealkylation sites (N-methyl/N-ethyl adjacent to an activating group) is 1. The van der Waals surface area contributed by atoms with Crippen LogP contribution in [0.2, 0.25) is 5.02 Å². The maximum absolute atomic E-state index is 6.09. The number of hydrogen-bond donors (Lipinski definition) is 1. The van der Waals surface area contributed by atoms with E-state index in [-0.39, 0.29) is 0 Å². The second-order valence-electron chi connectivity index (χ2n) is 4.65. The smallest absolute Gasteiger partial charge is 0.105 e. The lowest BCUT2D eigenvalue weighted by Gasteiger charge is -2.17. The van der Waals surface area contributed by atoms with Crippen LogP contribution in [-0.2, 0) is 6.54 Å². The summed E-state index contributed by atoms with van der Waals surface area (Å²) in [4.78, 5) is 2.25. The fourth-order valence-corrected chi connectivity index (χ4v) is 2.13. The first-order chi connectivity index (χ1) is 9.16. The normalized spacial score (nSPS) is 10.9. The standard InChI is InChI=1S/C15H19ClN2O/c1-12-13(7-10-19-12)11-18(2)9-8-17-15-6-4-3-5-14(15)16/h3-7,10,17H,8-9,11H2,1-2H3. The van der Waals surface area contributed by atoms with E-state index in [2.05, 4.69) is 17.3 Å². The van der Waals surface area contributed by atoms with Gasteiger partial charge in [0.15, 0.2) is 0 Å². The van der Waals surface area contributed by atoms with E-state index in [0.717, 1.165) is 36.1 Å². The zero-order valence-corrected chi connectivity index (χ0v) is 12.1.